The second-order valence-electron chi connectivity index (χ2n) is 14.6. The maximum atomic E-state index is 14.5. The molecule has 7 nitrogen and oxygen atoms in total. The van der Waals surface area contributed by atoms with Gasteiger partial charge in [-0.2, -0.15) is 0 Å². The summed E-state index contributed by atoms with van der Waals surface area (Å²) in [6.45, 7) is 17.2. The van der Waals surface area contributed by atoms with E-state index in [0.29, 0.717) is 30.4 Å². The number of allylic oxidation sites excluding steroid dienone is 1. The van der Waals surface area contributed by atoms with E-state index in [1.807, 2.05) is 26.8 Å². The van der Waals surface area contributed by atoms with Crippen LogP contribution >= 0.6 is 0 Å². The molecule has 7 heteroatoms. The number of fused-ring (bicyclic) bond motifs is 3. The number of aliphatic hydroxyl groups is 3. The normalized spacial score (nSPS) is 41.9. The Kier molecular flexibility index (Phi) is 7.48. The van der Waals surface area contributed by atoms with Gasteiger partial charge in [0, 0.05) is 38.0 Å². The average molecular weight is 556 g/mol. The Bertz CT molecular complexity index is 1130. The molecule has 2 bridgehead atoms. The van der Waals surface area contributed by atoms with E-state index in [1.165, 1.54) is 12.8 Å². The average Bonchev–Trinajstić information content (AvgIpc) is 3.79. The monoisotopic (exact) mass is 555 g/mol. The van der Waals surface area contributed by atoms with Crippen molar-refractivity contribution < 1.29 is 29.6 Å². The molecular formula is C33H49NO6. The summed E-state index contributed by atoms with van der Waals surface area (Å²) in [6.07, 6.45) is 2.92. The predicted molar refractivity (Wildman–Crippen MR) is 152 cm³/mol. The zero-order valence-electron chi connectivity index (χ0n) is 25.2. The first-order chi connectivity index (χ1) is 18.7. The fourth-order valence-electron chi connectivity index (χ4n) is 9.04. The number of hydrogen-bond acceptors (Lipinski definition) is 7. The molecule has 0 amide bonds. The highest BCUT2D eigenvalue weighted by Crippen LogP contribution is 2.72. The predicted octanol–water partition coefficient (Wildman–Crippen LogP) is 3.87. The lowest BCUT2D eigenvalue weighted by Gasteiger charge is -2.49. The highest BCUT2D eigenvalue weighted by atomic mass is 16.6. The van der Waals surface area contributed by atoms with Gasteiger partial charge < -0.3 is 25.0 Å². The van der Waals surface area contributed by atoms with Gasteiger partial charge in [0.25, 0.3) is 0 Å². The summed E-state index contributed by atoms with van der Waals surface area (Å²) in [5.74, 6) is -0.669. The minimum absolute atomic E-state index is 0.00944. The van der Waals surface area contributed by atoms with Crippen molar-refractivity contribution in [3.05, 3.63) is 29.7 Å². The van der Waals surface area contributed by atoms with Crippen LogP contribution in [-0.4, -0.2) is 69.5 Å². The Balaban J connectivity index is 1.40. The molecular weight excluding hydrogens is 506 g/mol. The van der Waals surface area contributed by atoms with Crippen LogP contribution < -0.4 is 0 Å². The summed E-state index contributed by atoms with van der Waals surface area (Å²) >= 11 is 0. The molecule has 4 fully saturated rings. The van der Waals surface area contributed by atoms with E-state index in [0.717, 1.165) is 18.7 Å². The molecule has 10 atom stereocenters. The van der Waals surface area contributed by atoms with Crippen LogP contribution in [0, 0.1) is 52.3 Å². The SMILES string of the molecule is C=C=C(C)N(CC(C)CC(=O)O[C@H]1C(C)=C[C@]23C(=O)[C@@H](CC(CO)[C@@H](O)[C@]12O)[C@H]1[C@@H](C[C@H]3C)C1(C)C)CC1CC1. The first kappa shape index (κ1) is 29.6. The van der Waals surface area contributed by atoms with Gasteiger partial charge >= 0.3 is 5.97 Å². The summed E-state index contributed by atoms with van der Waals surface area (Å²) in [7, 11) is 0. The molecule has 5 aliphatic carbocycles. The zero-order chi connectivity index (χ0) is 29.4. The summed E-state index contributed by atoms with van der Waals surface area (Å²) < 4.78 is 6.05. The van der Waals surface area contributed by atoms with Crippen LogP contribution in [0.25, 0.3) is 0 Å². The first-order valence-corrected chi connectivity index (χ1v) is 15.3. The molecule has 40 heavy (non-hydrogen) atoms. The zero-order valence-corrected chi connectivity index (χ0v) is 25.2. The van der Waals surface area contributed by atoms with Gasteiger partial charge in [0.2, 0.25) is 0 Å². The van der Waals surface area contributed by atoms with Crippen molar-refractivity contribution in [3.8, 4) is 0 Å². The van der Waals surface area contributed by atoms with Gasteiger partial charge in [-0.15, -0.1) is 5.73 Å². The highest BCUT2D eigenvalue weighted by Gasteiger charge is 2.77. The van der Waals surface area contributed by atoms with Crippen LogP contribution in [0.1, 0.15) is 73.6 Å². The Hall–Kier alpha value is -1.92. The number of nitrogens with zero attached hydrogens (tertiary/aromatic N) is 1. The number of ketones is 1. The highest BCUT2D eigenvalue weighted by molar-refractivity contribution is 5.94. The van der Waals surface area contributed by atoms with Crippen molar-refractivity contribution >= 4 is 11.8 Å². The van der Waals surface area contributed by atoms with Gasteiger partial charge in [0.15, 0.2) is 6.10 Å². The minimum Gasteiger partial charge on any atom is -0.455 e. The number of esters is 1. The summed E-state index contributed by atoms with van der Waals surface area (Å²) in [4.78, 5) is 30.1. The van der Waals surface area contributed by atoms with Gasteiger partial charge in [-0.1, -0.05) is 40.3 Å². The number of ether oxygens (including phenoxy) is 1. The molecule has 0 saturated heterocycles. The number of hydrogen-bond donors (Lipinski definition) is 3. The van der Waals surface area contributed by atoms with Crippen LogP contribution in [0.5, 0.6) is 0 Å². The third kappa shape index (κ3) is 4.35. The van der Waals surface area contributed by atoms with E-state index in [2.05, 4.69) is 31.1 Å². The fourth-order valence-corrected chi connectivity index (χ4v) is 9.04. The Morgan fingerprint density at radius 2 is 1.98 bits per heavy atom. The molecule has 2 unspecified atom stereocenters. The largest absolute Gasteiger partial charge is 0.455 e. The van der Waals surface area contributed by atoms with E-state index in [1.54, 1.807) is 6.92 Å². The van der Waals surface area contributed by atoms with Crippen molar-refractivity contribution in [1.82, 2.24) is 4.90 Å². The van der Waals surface area contributed by atoms with E-state index in [-0.39, 0.29) is 47.9 Å². The minimum atomic E-state index is -2.03. The fraction of sp³-hybridized carbons (Fsp3) is 0.788. The molecule has 1 spiro atoms. The van der Waals surface area contributed by atoms with E-state index < -0.39 is 35.1 Å². The molecule has 5 aliphatic rings. The molecule has 4 saturated carbocycles. The van der Waals surface area contributed by atoms with Crippen molar-refractivity contribution in [2.24, 2.45) is 52.3 Å². The lowest BCUT2D eigenvalue weighted by molar-refractivity contribution is -0.216. The van der Waals surface area contributed by atoms with Crippen molar-refractivity contribution in [2.45, 2.75) is 91.5 Å². The molecule has 0 heterocycles. The molecule has 0 aromatic heterocycles. The third-order valence-electron chi connectivity index (χ3n) is 11.5. The standard InChI is InChI=1S/C33H49NO6/c1-8-21(5)34(16-22-9-10-22)15-18(2)11-26(36)40-30-19(3)14-32-20(4)12-25-27(31(25,6)7)24(29(32)38)13-23(17-35)28(37)33(30,32)39/h14,18,20,22-25,27-28,30,35,37,39H,1,9-13,15-17H2,2-7H3/t18?,20-,23?,24+,25-,27+,28-,30+,32+,33+/m1/s1. The van der Waals surface area contributed by atoms with Crippen LogP contribution in [0.4, 0.5) is 0 Å². The lowest BCUT2D eigenvalue weighted by atomic mass is 9.59. The maximum absolute atomic E-state index is 14.5. The third-order valence-corrected chi connectivity index (χ3v) is 11.5. The number of carbonyl (C=O) groups excluding carboxylic acids is 2. The van der Waals surface area contributed by atoms with E-state index in [9.17, 15) is 24.9 Å². The first-order valence-electron chi connectivity index (χ1n) is 15.3. The van der Waals surface area contributed by atoms with Crippen molar-refractivity contribution in [1.29, 1.82) is 0 Å². The summed E-state index contributed by atoms with van der Waals surface area (Å²) in [5, 5.41) is 34.7. The number of rotatable bonds is 9. The smallest absolute Gasteiger partial charge is 0.306 e. The Morgan fingerprint density at radius 3 is 2.58 bits per heavy atom. The quantitative estimate of drug-likeness (QED) is 0.225. The lowest BCUT2D eigenvalue weighted by Crippen LogP contribution is -2.66. The Labute approximate surface area is 239 Å². The molecule has 222 valence electrons. The molecule has 0 radical (unpaired) electrons. The van der Waals surface area contributed by atoms with Crippen molar-refractivity contribution in [2.75, 3.05) is 19.7 Å². The second-order valence-corrected chi connectivity index (χ2v) is 14.6. The van der Waals surface area contributed by atoms with E-state index >= 15 is 0 Å². The molecule has 0 aromatic rings. The summed E-state index contributed by atoms with van der Waals surface area (Å²) in [5.41, 5.74) is 1.15. The van der Waals surface area contributed by atoms with Gasteiger partial charge in [0.05, 0.1) is 17.2 Å². The maximum Gasteiger partial charge on any atom is 0.306 e. The van der Waals surface area contributed by atoms with Crippen LogP contribution in [-0.2, 0) is 14.3 Å². The number of Topliss-reactive ketones (excluding diaryl/α,β-unsaturated/α-hetero) is 1. The molecule has 5 rings (SSSR count). The Morgan fingerprint density at radius 1 is 1.30 bits per heavy atom. The summed E-state index contributed by atoms with van der Waals surface area (Å²) in [6, 6.07) is 0. The number of carbonyl (C=O) groups is 2. The van der Waals surface area contributed by atoms with Gasteiger partial charge in [0.1, 0.15) is 11.4 Å². The van der Waals surface area contributed by atoms with Crippen molar-refractivity contribution in [3.63, 3.8) is 0 Å². The topological polar surface area (TPSA) is 107 Å². The van der Waals surface area contributed by atoms with E-state index in [4.69, 9.17) is 4.74 Å². The second kappa shape index (κ2) is 10.1. The van der Waals surface area contributed by atoms with Gasteiger partial charge in [-0.3, -0.25) is 9.59 Å². The molecule has 0 aliphatic heterocycles. The van der Waals surface area contributed by atoms with Gasteiger partial charge in [-0.25, -0.2) is 0 Å². The van der Waals surface area contributed by atoms with Gasteiger partial charge in [-0.05, 0) is 80.1 Å². The van der Waals surface area contributed by atoms with Crippen LogP contribution in [0.2, 0.25) is 0 Å². The number of aliphatic hydroxyl groups excluding tert-OH is 2. The molecule has 3 N–H and O–H groups in total. The molecule has 0 aromatic carbocycles. The van der Waals surface area contributed by atoms with Crippen LogP contribution in [0.15, 0.2) is 29.7 Å². The van der Waals surface area contributed by atoms with Crippen LogP contribution in [0.3, 0.4) is 0 Å².